The molecule has 2 rings (SSSR count). The Kier molecular flexibility index (Phi) is 4.16. The molecule has 1 N–H and O–H groups in total. The first kappa shape index (κ1) is 11.8. The molecule has 0 aromatic heterocycles. The number of morpholine rings is 1. The summed E-state index contributed by atoms with van der Waals surface area (Å²) in [6.07, 6.45) is 1.70. The van der Waals surface area contributed by atoms with Gasteiger partial charge in [0.05, 0.1) is 26.2 Å². The molecule has 2 bridgehead atoms. The van der Waals surface area contributed by atoms with Crippen molar-refractivity contribution in [1.82, 2.24) is 5.32 Å². The third-order valence-corrected chi connectivity index (χ3v) is 2.78. The van der Waals surface area contributed by atoms with Crippen LogP contribution in [0.2, 0.25) is 0 Å². The van der Waals surface area contributed by atoms with Crippen molar-refractivity contribution >= 4 is 18.4 Å². The highest BCUT2D eigenvalue weighted by Crippen LogP contribution is 2.24. The first-order chi connectivity index (χ1) is 6.29. The molecule has 2 aliphatic rings. The minimum Gasteiger partial charge on any atom is -0.469 e. The predicted octanol–water partition coefficient (Wildman–Crippen LogP) is 0.348. The summed E-state index contributed by atoms with van der Waals surface area (Å²) >= 11 is 0. The fourth-order valence-electron chi connectivity index (χ4n) is 2.20. The first-order valence-corrected chi connectivity index (χ1v) is 4.71. The highest BCUT2D eigenvalue weighted by molar-refractivity contribution is 5.85. The molecule has 2 unspecified atom stereocenters. The smallest absolute Gasteiger partial charge is 0.308 e. The van der Waals surface area contributed by atoms with Gasteiger partial charge in [0.2, 0.25) is 0 Å². The van der Waals surface area contributed by atoms with Gasteiger partial charge in [0, 0.05) is 12.1 Å². The summed E-state index contributed by atoms with van der Waals surface area (Å²) in [5.74, 6) is 0.00329. The van der Waals surface area contributed by atoms with Crippen LogP contribution in [0.3, 0.4) is 0 Å². The molecule has 2 atom stereocenters. The number of methoxy groups -OCH3 is 1. The highest BCUT2D eigenvalue weighted by atomic mass is 35.5. The molecule has 4 nitrogen and oxygen atoms in total. The van der Waals surface area contributed by atoms with Crippen LogP contribution < -0.4 is 5.32 Å². The Hall–Kier alpha value is -0.320. The van der Waals surface area contributed by atoms with Crippen molar-refractivity contribution in [3.05, 3.63) is 0 Å². The van der Waals surface area contributed by atoms with Crippen molar-refractivity contribution in [2.24, 2.45) is 5.92 Å². The number of halogens is 1. The van der Waals surface area contributed by atoms with E-state index in [1.807, 2.05) is 0 Å². The fraction of sp³-hybridized carbons (Fsp3) is 0.889. The van der Waals surface area contributed by atoms with Gasteiger partial charge in [-0.25, -0.2) is 0 Å². The Labute approximate surface area is 89.7 Å². The van der Waals surface area contributed by atoms with E-state index in [0.717, 1.165) is 26.1 Å². The molecule has 0 radical (unpaired) electrons. The lowest BCUT2D eigenvalue weighted by Gasteiger charge is -2.38. The lowest BCUT2D eigenvalue weighted by molar-refractivity contribution is -0.148. The summed E-state index contributed by atoms with van der Waals surface area (Å²) in [5.41, 5.74) is 0. The van der Waals surface area contributed by atoms with Crippen LogP contribution in [0.25, 0.3) is 0 Å². The number of ether oxygens (including phenoxy) is 2. The molecular weight excluding hydrogens is 206 g/mol. The Morgan fingerprint density at radius 3 is 2.43 bits per heavy atom. The molecular formula is C9H16ClNO3. The van der Waals surface area contributed by atoms with E-state index in [1.54, 1.807) is 0 Å². The summed E-state index contributed by atoms with van der Waals surface area (Å²) in [6.45, 7) is 1.45. The van der Waals surface area contributed by atoms with Gasteiger partial charge in [-0.05, 0) is 12.8 Å². The molecule has 2 heterocycles. The maximum Gasteiger partial charge on any atom is 0.308 e. The van der Waals surface area contributed by atoms with E-state index in [0.29, 0.717) is 12.1 Å². The average Bonchev–Trinajstić information content (AvgIpc) is 2.16. The quantitative estimate of drug-likeness (QED) is 0.650. The summed E-state index contributed by atoms with van der Waals surface area (Å²) in [6, 6.07) is 0.688. The van der Waals surface area contributed by atoms with Crippen molar-refractivity contribution < 1.29 is 14.3 Å². The lowest BCUT2D eigenvalue weighted by atomic mass is 9.87. The van der Waals surface area contributed by atoms with Crippen molar-refractivity contribution in [1.29, 1.82) is 0 Å². The van der Waals surface area contributed by atoms with Crippen LogP contribution in [0.4, 0.5) is 0 Å². The largest absolute Gasteiger partial charge is 0.469 e. The number of hydrogen-bond acceptors (Lipinski definition) is 4. The van der Waals surface area contributed by atoms with Crippen LogP contribution in [0, 0.1) is 5.92 Å². The van der Waals surface area contributed by atoms with Gasteiger partial charge in [-0.3, -0.25) is 4.79 Å². The van der Waals surface area contributed by atoms with Gasteiger partial charge in [0.15, 0.2) is 0 Å². The minimum absolute atomic E-state index is 0. The van der Waals surface area contributed by atoms with E-state index in [2.05, 4.69) is 5.32 Å². The van der Waals surface area contributed by atoms with Crippen LogP contribution >= 0.6 is 12.4 Å². The number of carbonyl (C=O) groups excluding carboxylic acids is 1. The van der Waals surface area contributed by atoms with E-state index < -0.39 is 0 Å². The van der Waals surface area contributed by atoms with Crippen LogP contribution in [0.1, 0.15) is 12.8 Å². The standard InChI is InChI=1S/C9H15NO3.ClH/c1-12-9(11)6-2-7-4-13-5-8(3-6)10-7;/h6-8,10H,2-5H2,1H3;1H. The van der Waals surface area contributed by atoms with Crippen molar-refractivity contribution in [2.45, 2.75) is 24.9 Å². The summed E-state index contributed by atoms with van der Waals surface area (Å²) < 4.78 is 10.1. The van der Waals surface area contributed by atoms with Crippen LogP contribution in [-0.4, -0.2) is 38.4 Å². The Bertz CT molecular complexity index is 200. The lowest BCUT2D eigenvalue weighted by Crippen LogP contribution is -2.55. The van der Waals surface area contributed by atoms with Crippen molar-refractivity contribution in [3.63, 3.8) is 0 Å². The number of fused-ring (bicyclic) bond motifs is 2. The van der Waals surface area contributed by atoms with Gasteiger partial charge in [-0.1, -0.05) is 0 Å². The van der Waals surface area contributed by atoms with Crippen LogP contribution in [0.15, 0.2) is 0 Å². The second-order valence-corrected chi connectivity index (χ2v) is 3.79. The zero-order valence-electron chi connectivity index (χ0n) is 8.19. The highest BCUT2D eigenvalue weighted by Gasteiger charge is 2.35. The number of nitrogens with one attached hydrogen (secondary N) is 1. The fourth-order valence-corrected chi connectivity index (χ4v) is 2.20. The summed E-state index contributed by atoms with van der Waals surface area (Å²) in [7, 11) is 1.46. The molecule has 0 saturated carbocycles. The van der Waals surface area contributed by atoms with E-state index in [9.17, 15) is 4.79 Å². The van der Waals surface area contributed by atoms with Crippen molar-refractivity contribution in [3.8, 4) is 0 Å². The number of carbonyl (C=O) groups is 1. The molecule has 0 amide bonds. The molecule has 0 aromatic carbocycles. The number of rotatable bonds is 1. The van der Waals surface area contributed by atoms with Gasteiger partial charge >= 0.3 is 5.97 Å². The number of hydrogen-bond donors (Lipinski definition) is 1. The van der Waals surface area contributed by atoms with Gasteiger partial charge in [0.25, 0.3) is 0 Å². The molecule has 2 aliphatic heterocycles. The zero-order valence-corrected chi connectivity index (χ0v) is 9.01. The van der Waals surface area contributed by atoms with E-state index in [-0.39, 0.29) is 24.3 Å². The first-order valence-electron chi connectivity index (χ1n) is 4.71. The Morgan fingerprint density at radius 1 is 1.36 bits per heavy atom. The number of esters is 1. The molecule has 2 saturated heterocycles. The molecule has 2 fully saturated rings. The van der Waals surface area contributed by atoms with E-state index in [1.165, 1.54) is 7.11 Å². The number of piperidine rings is 1. The monoisotopic (exact) mass is 221 g/mol. The topological polar surface area (TPSA) is 47.6 Å². The average molecular weight is 222 g/mol. The van der Waals surface area contributed by atoms with Gasteiger partial charge < -0.3 is 14.8 Å². The SMILES string of the molecule is COC(=O)C1CC2COCC(C1)N2.Cl. The van der Waals surface area contributed by atoms with Crippen LogP contribution in [-0.2, 0) is 14.3 Å². The normalized spacial score (nSPS) is 35.6. The molecule has 0 spiro atoms. The molecule has 5 heteroatoms. The summed E-state index contributed by atoms with van der Waals surface area (Å²) in [4.78, 5) is 11.3. The second kappa shape index (κ2) is 4.96. The maximum absolute atomic E-state index is 11.3. The predicted molar refractivity (Wildman–Crippen MR) is 53.5 cm³/mol. The van der Waals surface area contributed by atoms with Gasteiger partial charge in [-0.2, -0.15) is 0 Å². The Morgan fingerprint density at radius 2 is 1.93 bits per heavy atom. The molecule has 82 valence electrons. The van der Waals surface area contributed by atoms with E-state index in [4.69, 9.17) is 9.47 Å². The maximum atomic E-state index is 11.3. The zero-order chi connectivity index (χ0) is 9.26. The third-order valence-electron chi connectivity index (χ3n) is 2.78. The van der Waals surface area contributed by atoms with Crippen molar-refractivity contribution in [2.75, 3.05) is 20.3 Å². The molecule has 0 aliphatic carbocycles. The second-order valence-electron chi connectivity index (χ2n) is 3.79. The van der Waals surface area contributed by atoms with Gasteiger partial charge in [0.1, 0.15) is 0 Å². The summed E-state index contributed by atoms with van der Waals surface area (Å²) in [5, 5.41) is 3.43. The Balaban J connectivity index is 0.000000980. The van der Waals surface area contributed by atoms with E-state index >= 15 is 0 Å². The third kappa shape index (κ3) is 2.38. The molecule has 14 heavy (non-hydrogen) atoms. The van der Waals surface area contributed by atoms with Crippen LogP contribution in [0.5, 0.6) is 0 Å². The van der Waals surface area contributed by atoms with Gasteiger partial charge in [-0.15, -0.1) is 12.4 Å². The molecule has 0 aromatic rings. The minimum atomic E-state index is -0.0709.